The minimum absolute atomic E-state index is 0.00121. The van der Waals surface area contributed by atoms with Crippen LogP contribution in [-0.4, -0.2) is 33.4 Å². The third-order valence-electron chi connectivity index (χ3n) is 5.61. The van der Waals surface area contributed by atoms with E-state index in [4.69, 9.17) is 11.6 Å². The van der Waals surface area contributed by atoms with Crippen molar-refractivity contribution in [1.29, 1.82) is 0 Å². The van der Waals surface area contributed by atoms with E-state index in [1.165, 1.54) is 0 Å². The van der Waals surface area contributed by atoms with Crippen LogP contribution in [-0.2, 0) is 6.54 Å². The number of benzene rings is 1. The van der Waals surface area contributed by atoms with Crippen LogP contribution in [0, 0.1) is 5.92 Å². The van der Waals surface area contributed by atoms with Crippen molar-refractivity contribution in [2.24, 2.45) is 5.92 Å². The molecule has 1 fully saturated rings. The van der Waals surface area contributed by atoms with E-state index in [1.807, 2.05) is 45.9 Å². The van der Waals surface area contributed by atoms with Gasteiger partial charge in [-0.2, -0.15) is 0 Å². The number of H-pyrrole nitrogens is 1. The number of likely N-dealkylation sites (tertiary alicyclic amines) is 1. The molecule has 5 rings (SSSR count). The number of aromatic nitrogens is 2. The Bertz CT molecular complexity index is 1080. The van der Waals surface area contributed by atoms with Crippen LogP contribution in [0.15, 0.2) is 47.3 Å². The fraction of sp³-hybridized carbons (Fsp3) is 0.300. The quantitative estimate of drug-likeness (QED) is 0.717. The number of hydrogen-bond donors (Lipinski definition) is 1. The van der Waals surface area contributed by atoms with Gasteiger partial charge in [0.15, 0.2) is 0 Å². The number of carbonyl (C=O) groups excluding carboxylic acids is 1. The third kappa shape index (κ3) is 2.38. The SMILES string of the molecule is O=C(c1cc2c(Cl)cccc2[nH]1)N1C[C@@H]2C[C@H](C1)c1cccc(=O)n1C2. The normalized spacial score (nSPS) is 21.7. The first kappa shape index (κ1) is 15.7. The van der Waals surface area contributed by atoms with E-state index in [0.29, 0.717) is 36.3 Å². The van der Waals surface area contributed by atoms with Gasteiger partial charge in [-0.05, 0) is 36.6 Å². The van der Waals surface area contributed by atoms with Gasteiger partial charge >= 0.3 is 0 Å². The molecule has 2 atom stereocenters. The average molecular weight is 368 g/mol. The number of carbonyl (C=O) groups is 1. The summed E-state index contributed by atoms with van der Waals surface area (Å²) < 4.78 is 1.88. The zero-order chi connectivity index (χ0) is 17.8. The van der Waals surface area contributed by atoms with Gasteiger partial charge in [0.05, 0.1) is 0 Å². The second-order valence-corrected chi connectivity index (χ2v) is 7.70. The van der Waals surface area contributed by atoms with Gasteiger partial charge in [0.2, 0.25) is 0 Å². The highest BCUT2D eigenvalue weighted by molar-refractivity contribution is 6.35. The maximum absolute atomic E-state index is 13.1. The molecule has 1 aromatic carbocycles. The van der Waals surface area contributed by atoms with Gasteiger partial charge in [-0.3, -0.25) is 9.59 Å². The van der Waals surface area contributed by atoms with Crippen LogP contribution in [0.4, 0.5) is 0 Å². The van der Waals surface area contributed by atoms with Crippen molar-refractivity contribution in [2.45, 2.75) is 18.9 Å². The Morgan fingerprint density at radius 1 is 1.12 bits per heavy atom. The van der Waals surface area contributed by atoms with Crippen molar-refractivity contribution in [1.82, 2.24) is 14.5 Å². The first-order valence-electron chi connectivity index (χ1n) is 8.86. The highest BCUT2D eigenvalue weighted by Crippen LogP contribution is 2.35. The lowest BCUT2D eigenvalue weighted by molar-refractivity contribution is 0.0589. The molecule has 132 valence electrons. The number of hydrogen-bond acceptors (Lipinski definition) is 2. The third-order valence-corrected chi connectivity index (χ3v) is 5.94. The lowest BCUT2D eigenvalue weighted by atomic mass is 9.83. The first-order chi connectivity index (χ1) is 12.6. The molecule has 5 nitrogen and oxygen atoms in total. The van der Waals surface area contributed by atoms with Crippen LogP contribution in [0.2, 0.25) is 5.02 Å². The summed E-state index contributed by atoms with van der Waals surface area (Å²) in [5, 5.41) is 1.51. The van der Waals surface area contributed by atoms with Gasteiger partial charge < -0.3 is 14.5 Å². The predicted molar refractivity (Wildman–Crippen MR) is 101 cm³/mol. The standard InChI is InChI=1S/C20H18ClN3O2/c21-15-3-1-4-16-14(15)8-17(22-16)20(26)23-9-12-7-13(11-23)18-5-2-6-19(25)24(18)10-12/h1-6,8,12-13,22H,7,9-11H2/t12-,13+/m0/s1. The number of rotatable bonds is 1. The van der Waals surface area contributed by atoms with Crippen LogP contribution in [0.5, 0.6) is 0 Å². The number of nitrogens with zero attached hydrogens (tertiary/aromatic N) is 2. The van der Waals surface area contributed by atoms with E-state index in [9.17, 15) is 9.59 Å². The molecule has 0 saturated carbocycles. The zero-order valence-corrected chi connectivity index (χ0v) is 14.9. The Balaban J connectivity index is 1.47. The fourth-order valence-electron chi connectivity index (χ4n) is 4.47. The van der Waals surface area contributed by atoms with Crippen LogP contribution in [0.1, 0.15) is 28.5 Å². The number of aromatic amines is 1. The molecule has 0 unspecified atom stereocenters. The highest BCUT2D eigenvalue weighted by atomic mass is 35.5. The number of halogens is 1. The summed E-state index contributed by atoms with van der Waals surface area (Å²) in [5.41, 5.74) is 2.54. The lowest BCUT2D eigenvalue weighted by Crippen LogP contribution is -2.49. The zero-order valence-electron chi connectivity index (χ0n) is 14.1. The van der Waals surface area contributed by atoms with Crippen LogP contribution in [0.3, 0.4) is 0 Å². The molecule has 2 aliphatic heterocycles. The molecule has 0 radical (unpaired) electrons. The number of pyridine rings is 1. The predicted octanol–water partition coefficient (Wildman–Crippen LogP) is 3.24. The summed E-state index contributed by atoms with van der Waals surface area (Å²) in [4.78, 5) is 30.3. The number of piperidine rings is 1. The van der Waals surface area contributed by atoms with Crippen LogP contribution < -0.4 is 5.56 Å². The molecule has 1 saturated heterocycles. The van der Waals surface area contributed by atoms with E-state index in [2.05, 4.69) is 4.98 Å². The van der Waals surface area contributed by atoms with E-state index < -0.39 is 0 Å². The number of fused-ring (bicyclic) bond motifs is 5. The number of amides is 1. The van der Waals surface area contributed by atoms with Crippen LogP contribution >= 0.6 is 11.6 Å². The van der Waals surface area contributed by atoms with Crippen LogP contribution in [0.25, 0.3) is 10.9 Å². The van der Waals surface area contributed by atoms with Gasteiger partial charge in [0.1, 0.15) is 5.69 Å². The summed E-state index contributed by atoms with van der Waals surface area (Å²) in [6.45, 7) is 2.01. The maximum atomic E-state index is 13.1. The van der Waals surface area contributed by atoms with Gasteiger partial charge in [-0.1, -0.05) is 23.7 Å². The summed E-state index contributed by atoms with van der Waals surface area (Å²) in [5.74, 6) is 0.533. The molecular weight excluding hydrogens is 350 g/mol. The second kappa shape index (κ2) is 5.74. The van der Waals surface area contributed by atoms with E-state index >= 15 is 0 Å². The van der Waals surface area contributed by atoms with Crippen molar-refractivity contribution in [3.63, 3.8) is 0 Å². The van der Waals surface area contributed by atoms with Gasteiger partial charge in [-0.25, -0.2) is 0 Å². The average Bonchev–Trinajstić information content (AvgIpc) is 3.08. The molecule has 1 amide bonds. The van der Waals surface area contributed by atoms with E-state index in [-0.39, 0.29) is 17.4 Å². The van der Waals surface area contributed by atoms with Crippen molar-refractivity contribution in [2.75, 3.05) is 13.1 Å². The van der Waals surface area contributed by atoms with Gasteiger partial charge in [0, 0.05) is 53.2 Å². The molecule has 2 aromatic heterocycles. The molecule has 2 aliphatic rings. The maximum Gasteiger partial charge on any atom is 0.270 e. The summed E-state index contributed by atoms with van der Waals surface area (Å²) in [7, 11) is 0. The highest BCUT2D eigenvalue weighted by Gasteiger charge is 2.36. The first-order valence-corrected chi connectivity index (χ1v) is 9.24. The molecule has 3 aromatic rings. The smallest absolute Gasteiger partial charge is 0.270 e. The summed E-state index contributed by atoms with van der Waals surface area (Å²) in [6, 6.07) is 12.9. The topological polar surface area (TPSA) is 58.1 Å². The van der Waals surface area contributed by atoms with Crippen molar-refractivity contribution < 1.29 is 4.79 Å². The Morgan fingerprint density at radius 3 is 2.81 bits per heavy atom. The second-order valence-electron chi connectivity index (χ2n) is 7.29. The molecule has 6 heteroatoms. The van der Waals surface area contributed by atoms with Gasteiger partial charge in [-0.15, -0.1) is 0 Å². The van der Waals surface area contributed by atoms with Crippen molar-refractivity contribution >= 4 is 28.4 Å². The molecule has 0 spiro atoms. The molecule has 4 heterocycles. The van der Waals surface area contributed by atoms with E-state index in [1.54, 1.807) is 6.07 Å². The Morgan fingerprint density at radius 2 is 1.96 bits per heavy atom. The lowest BCUT2D eigenvalue weighted by Gasteiger charge is -2.42. The van der Waals surface area contributed by atoms with Crippen molar-refractivity contribution in [3.05, 3.63) is 69.2 Å². The van der Waals surface area contributed by atoms with Crippen molar-refractivity contribution in [3.8, 4) is 0 Å². The largest absolute Gasteiger partial charge is 0.350 e. The molecule has 2 bridgehead atoms. The molecule has 1 N–H and O–H groups in total. The van der Waals surface area contributed by atoms with E-state index in [0.717, 1.165) is 23.0 Å². The summed E-state index contributed by atoms with van der Waals surface area (Å²) >= 11 is 6.23. The minimum Gasteiger partial charge on any atom is -0.350 e. The Kier molecular flexibility index (Phi) is 3.47. The molecular formula is C20H18ClN3O2. The number of nitrogens with one attached hydrogen (secondary N) is 1. The Labute approximate surface area is 155 Å². The monoisotopic (exact) mass is 367 g/mol. The minimum atomic E-state index is -0.00121. The molecule has 26 heavy (non-hydrogen) atoms. The van der Waals surface area contributed by atoms with Gasteiger partial charge in [0.25, 0.3) is 11.5 Å². The summed E-state index contributed by atoms with van der Waals surface area (Å²) in [6.07, 6.45) is 1.03. The Hall–Kier alpha value is -2.53. The molecule has 0 aliphatic carbocycles. The fourth-order valence-corrected chi connectivity index (χ4v) is 4.70.